The fourth-order valence-corrected chi connectivity index (χ4v) is 5.20. The van der Waals surface area contributed by atoms with E-state index in [1.807, 2.05) is 0 Å². The van der Waals surface area contributed by atoms with Crippen molar-refractivity contribution >= 4 is 23.9 Å². The van der Waals surface area contributed by atoms with Gasteiger partial charge in [0.2, 0.25) is 11.7 Å². The molecular weight excluding hydrogens is 523 g/mol. The van der Waals surface area contributed by atoms with Crippen molar-refractivity contribution in [3.05, 3.63) is 70.6 Å². The van der Waals surface area contributed by atoms with Crippen molar-refractivity contribution in [1.82, 2.24) is 10.2 Å². The molecule has 0 aromatic heterocycles. The Kier molecular flexibility index (Phi) is 8.96. The smallest absolute Gasteiger partial charge is 0.290 e. The number of aliphatic hydroxyl groups is 2. The standard InChI is InChI=1S/C29H31FN2O8/c1-3-22(35)29(38)32(9-7-16-5-4-6-18(30)11-16)21-14-20(28(37)31-8-10-33)24-19-12-17(15-34)13-23(39-2)26(19)40-27(24)25(21)36/h4-6,11-15,21,24-25,27,33,36H,3,7-10H2,1-2H3,(H,31,37)/t21-,24+,25+,27+/m1/s1. The SMILES string of the molecule is CCC(=O)C(=O)N(CCc1cccc(F)c1)[C@@H]1C=C(C(=O)NCCO)[C@@H]2c3cc(C=O)cc(OC)c3O[C@@H]2[C@H]1O. The number of aldehydes is 1. The van der Waals surface area contributed by atoms with Crippen LogP contribution in [-0.4, -0.2) is 84.1 Å². The van der Waals surface area contributed by atoms with Crippen molar-refractivity contribution < 1.29 is 43.3 Å². The maximum absolute atomic E-state index is 13.8. The third-order valence-corrected chi connectivity index (χ3v) is 7.12. The molecule has 0 saturated carbocycles. The molecule has 0 fully saturated rings. The number of nitrogens with zero attached hydrogens (tertiary/aromatic N) is 1. The molecule has 10 nitrogen and oxygen atoms in total. The summed E-state index contributed by atoms with van der Waals surface area (Å²) in [5.41, 5.74) is 1.42. The second-order valence-electron chi connectivity index (χ2n) is 9.56. The molecule has 2 aromatic carbocycles. The highest BCUT2D eigenvalue weighted by atomic mass is 19.1. The fraction of sp³-hybridized carbons (Fsp3) is 0.379. The number of amides is 2. The number of carbonyl (C=O) groups is 4. The van der Waals surface area contributed by atoms with E-state index in [4.69, 9.17) is 9.47 Å². The Bertz CT molecular complexity index is 1340. The average molecular weight is 555 g/mol. The highest BCUT2D eigenvalue weighted by Crippen LogP contribution is 2.51. The van der Waals surface area contributed by atoms with Gasteiger partial charge < -0.3 is 29.9 Å². The van der Waals surface area contributed by atoms with Gasteiger partial charge in [0, 0.05) is 36.2 Å². The first-order valence-electron chi connectivity index (χ1n) is 12.9. The van der Waals surface area contributed by atoms with Crippen LogP contribution in [-0.2, 0) is 20.8 Å². The Labute approximate surface area is 230 Å². The van der Waals surface area contributed by atoms with E-state index < -0.39 is 47.6 Å². The lowest BCUT2D eigenvalue weighted by atomic mass is 9.77. The number of benzene rings is 2. The molecule has 0 radical (unpaired) electrons. The molecule has 4 rings (SSSR count). The van der Waals surface area contributed by atoms with E-state index in [2.05, 4.69) is 5.32 Å². The van der Waals surface area contributed by atoms with Gasteiger partial charge in [-0.05, 0) is 42.3 Å². The summed E-state index contributed by atoms with van der Waals surface area (Å²) in [7, 11) is 1.39. The molecule has 2 aliphatic rings. The number of rotatable bonds is 11. The van der Waals surface area contributed by atoms with Gasteiger partial charge in [-0.3, -0.25) is 19.2 Å². The summed E-state index contributed by atoms with van der Waals surface area (Å²) in [5, 5.41) is 23.4. The lowest BCUT2D eigenvalue weighted by Gasteiger charge is -2.40. The highest BCUT2D eigenvalue weighted by molar-refractivity contribution is 6.36. The minimum atomic E-state index is -1.39. The van der Waals surface area contributed by atoms with Crippen LogP contribution in [0.15, 0.2) is 48.0 Å². The normalized spacial score (nSPS) is 20.9. The van der Waals surface area contributed by atoms with Crippen molar-refractivity contribution in [3.63, 3.8) is 0 Å². The van der Waals surface area contributed by atoms with Crippen LogP contribution in [0, 0.1) is 5.82 Å². The fourth-order valence-electron chi connectivity index (χ4n) is 5.20. The molecule has 1 aliphatic heterocycles. The second kappa shape index (κ2) is 12.4. The van der Waals surface area contributed by atoms with Crippen LogP contribution in [0.1, 0.15) is 40.7 Å². The summed E-state index contributed by atoms with van der Waals surface area (Å²) in [6.07, 6.45) is -0.324. The topological polar surface area (TPSA) is 142 Å². The molecule has 1 aliphatic carbocycles. The summed E-state index contributed by atoms with van der Waals surface area (Å²) in [4.78, 5) is 51.9. The molecule has 2 amide bonds. The third-order valence-electron chi connectivity index (χ3n) is 7.12. The van der Waals surface area contributed by atoms with E-state index in [0.29, 0.717) is 17.4 Å². The van der Waals surface area contributed by atoms with Crippen LogP contribution in [0.2, 0.25) is 0 Å². The number of carbonyl (C=O) groups excluding carboxylic acids is 4. The number of hydrogen-bond donors (Lipinski definition) is 3. The second-order valence-corrected chi connectivity index (χ2v) is 9.56. The van der Waals surface area contributed by atoms with Gasteiger partial charge in [0.25, 0.3) is 5.91 Å². The van der Waals surface area contributed by atoms with Crippen LogP contribution < -0.4 is 14.8 Å². The zero-order valence-corrected chi connectivity index (χ0v) is 22.1. The zero-order valence-electron chi connectivity index (χ0n) is 22.1. The van der Waals surface area contributed by atoms with E-state index in [9.17, 15) is 33.8 Å². The number of nitrogens with one attached hydrogen (secondary N) is 1. The molecule has 40 heavy (non-hydrogen) atoms. The van der Waals surface area contributed by atoms with Gasteiger partial charge in [0.1, 0.15) is 24.3 Å². The number of methoxy groups -OCH3 is 1. The van der Waals surface area contributed by atoms with Crippen molar-refractivity contribution in [2.75, 3.05) is 26.8 Å². The quantitative estimate of drug-likeness (QED) is 0.279. The van der Waals surface area contributed by atoms with Crippen LogP contribution in [0.5, 0.6) is 11.5 Å². The van der Waals surface area contributed by atoms with E-state index in [0.717, 1.165) is 0 Å². The lowest BCUT2D eigenvalue weighted by molar-refractivity contribution is -0.148. The largest absolute Gasteiger partial charge is 0.493 e. The highest BCUT2D eigenvalue weighted by Gasteiger charge is 2.51. The molecular formula is C29H31FN2O8. The third kappa shape index (κ3) is 5.61. The predicted molar refractivity (Wildman–Crippen MR) is 141 cm³/mol. The van der Waals surface area contributed by atoms with E-state index in [-0.39, 0.29) is 55.2 Å². The molecule has 2 aromatic rings. The molecule has 212 valence electrons. The molecule has 0 spiro atoms. The Morgan fingerprint density at radius 2 is 2.00 bits per heavy atom. The van der Waals surface area contributed by atoms with Crippen LogP contribution in [0.25, 0.3) is 0 Å². The minimum absolute atomic E-state index is 0.0528. The first-order valence-corrected chi connectivity index (χ1v) is 12.9. The van der Waals surface area contributed by atoms with Gasteiger partial charge in [-0.15, -0.1) is 0 Å². The van der Waals surface area contributed by atoms with E-state index >= 15 is 0 Å². The average Bonchev–Trinajstić information content (AvgIpc) is 3.35. The van der Waals surface area contributed by atoms with Crippen LogP contribution in [0.4, 0.5) is 4.39 Å². The van der Waals surface area contributed by atoms with Gasteiger partial charge in [0.15, 0.2) is 11.5 Å². The number of aliphatic hydroxyl groups excluding tert-OH is 2. The Balaban J connectivity index is 1.79. The van der Waals surface area contributed by atoms with Crippen molar-refractivity contribution in [2.45, 2.75) is 43.9 Å². The lowest BCUT2D eigenvalue weighted by Crippen LogP contribution is -2.57. The van der Waals surface area contributed by atoms with E-state index in [1.54, 1.807) is 12.1 Å². The summed E-state index contributed by atoms with van der Waals surface area (Å²) < 4.78 is 25.3. The Hall–Kier alpha value is -4.09. The van der Waals surface area contributed by atoms with E-state index in [1.165, 1.54) is 49.3 Å². The Morgan fingerprint density at radius 3 is 2.65 bits per heavy atom. The number of ketones is 1. The first-order chi connectivity index (χ1) is 19.2. The minimum Gasteiger partial charge on any atom is -0.493 e. The molecule has 0 saturated heterocycles. The van der Waals surface area contributed by atoms with Gasteiger partial charge in [-0.25, -0.2) is 4.39 Å². The molecule has 11 heteroatoms. The summed E-state index contributed by atoms with van der Waals surface area (Å²) >= 11 is 0. The number of hydrogen-bond acceptors (Lipinski definition) is 8. The molecule has 1 heterocycles. The monoisotopic (exact) mass is 554 g/mol. The van der Waals surface area contributed by atoms with Crippen molar-refractivity contribution in [2.24, 2.45) is 0 Å². The van der Waals surface area contributed by atoms with Gasteiger partial charge in [-0.1, -0.05) is 19.1 Å². The number of Topliss-reactive ketones (excluding diaryl/α,β-unsaturated/α-hetero) is 1. The van der Waals surface area contributed by atoms with Gasteiger partial charge in [0.05, 0.1) is 25.7 Å². The van der Waals surface area contributed by atoms with Crippen LogP contribution >= 0.6 is 0 Å². The number of ether oxygens (including phenoxy) is 2. The number of halogens is 1. The van der Waals surface area contributed by atoms with Gasteiger partial charge >= 0.3 is 0 Å². The maximum atomic E-state index is 13.8. The Morgan fingerprint density at radius 1 is 1.23 bits per heavy atom. The summed E-state index contributed by atoms with van der Waals surface area (Å²) in [5.74, 6) is -2.95. The molecule has 4 atom stereocenters. The molecule has 0 bridgehead atoms. The van der Waals surface area contributed by atoms with Gasteiger partial charge in [-0.2, -0.15) is 0 Å². The molecule has 0 unspecified atom stereocenters. The van der Waals surface area contributed by atoms with Crippen LogP contribution in [0.3, 0.4) is 0 Å². The van der Waals surface area contributed by atoms with Crippen molar-refractivity contribution in [3.8, 4) is 11.5 Å². The van der Waals surface area contributed by atoms with Crippen molar-refractivity contribution in [1.29, 1.82) is 0 Å². The predicted octanol–water partition coefficient (Wildman–Crippen LogP) is 1.32. The summed E-state index contributed by atoms with van der Waals surface area (Å²) in [6, 6.07) is 7.67. The molecule has 3 N–H and O–H groups in total. The maximum Gasteiger partial charge on any atom is 0.290 e. The number of fused-ring (bicyclic) bond motifs is 3. The summed E-state index contributed by atoms with van der Waals surface area (Å²) in [6.45, 7) is 1.11. The first kappa shape index (κ1) is 28.9. The zero-order chi connectivity index (χ0) is 29.0.